The summed E-state index contributed by atoms with van der Waals surface area (Å²) in [6.45, 7) is 5.87. The van der Waals surface area contributed by atoms with E-state index in [1.807, 2.05) is 0 Å². The normalized spacial score (nSPS) is 17.1. The Balaban J connectivity index is 0.00000361. The zero-order valence-electron chi connectivity index (χ0n) is 13.6. The predicted molar refractivity (Wildman–Crippen MR) is 85.2 cm³/mol. The number of hydrogen-bond donors (Lipinski definition) is 1. The van der Waals surface area contributed by atoms with E-state index in [1.54, 1.807) is 10.6 Å². The van der Waals surface area contributed by atoms with Crippen LogP contribution in [-0.4, -0.2) is 6.54 Å². The first-order chi connectivity index (χ1) is 9.38. The molecule has 0 saturated heterocycles. The first-order valence-corrected chi connectivity index (χ1v) is 8.62. The molecule has 0 spiro atoms. The molecule has 1 aliphatic rings. The smallest absolute Gasteiger partial charge is 0.112 e. The van der Waals surface area contributed by atoms with Gasteiger partial charge in [0.05, 0.1) is 12.7 Å². The first-order valence-electron chi connectivity index (χ1n) is 8.62. The lowest BCUT2D eigenvalue weighted by molar-refractivity contribution is -0.804. The molecule has 1 rings (SSSR count). The summed E-state index contributed by atoms with van der Waals surface area (Å²) < 4.78 is 0. The second-order valence-electron chi connectivity index (χ2n) is 5.90. The van der Waals surface area contributed by atoms with Crippen molar-refractivity contribution in [2.24, 2.45) is 0 Å². The fourth-order valence-electron chi connectivity index (χ4n) is 2.80. The zero-order chi connectivity index (χ0) is 13.8. The van der Waals surface area contributed by atoms with Crippen LogP contribution in [0, 0.1) is 0 Å². The molecule has 20 heavy (non-hydrogen) atoms. The Morgan fingerprint density at radius 3 is 2.05 bits per heavy atom. The van der Waals surface area contributed by atoms with Crippen LogP contribution in [0.25, 0.3) is 0 Å². The molecular formula is C18H34FN. The fourth-order valence-corrected chi connectivity index (χ4v) is 2.80. The van der Waals surface area contributed by atoms with Gasteiger partial charge >= 0.3 is 0 Å². The molecule has 0 amide bonds. The van der Waals surface area contributed by atoms with E-state index in [0.717, 1.165) is 0 Å². The summed E-state index contributed by atoms with van der Waals surface area (Å²) in [7, 11) is 0. The fraction of sp³-hybridized carbons (Fsp3) is 0.778. The summed E-state index contributed by atoms with van der Waals surface area (Å²) in [5, 5.41) is 0. The summed E-state index contributed by atoms with van der Waals surface area (Å²) in [6, 6.07) is 0. The van der Waals surface area contributed by atoms with Crippen molar-refractivity contribution in [3.05, 3.63) is 24.0 Å². The van der Waals surface area contributed by atoms with E-state index in [9.17, 15) is 0 Å². The summed E-state index contributed by atoms with van der Waals surface area (Å²) in [6.07, 6.45) is 22.2. The minimum atomic E-state index is 0. The highest BCUT2D eigenvalue weighted by atomic mass is 19.0. The van der Waals surface area contributed by atoms with Crippen molar-refractivity contribution in [2.75, 3.05) is 6.54 Å². The summed E-state index contributed by atoms with van der Waals surface area (Å²) >= 11 is 0. The molecule has 1 atom stereocenters. The molecule has 0 aromatic heterocycles. The Morgan fingerprint density at radius 1 is 0.800 bits per heavy atom. The lowest BCUT2D eigenvalue weighted by atomic mass is 10.1. The van der Waals surface area contributed by atoms with Gasteiger partial charge in [-0.2, -0.15) is 0 Å². The van der Waals surface area contributed by atoms with Gasteiger partial charge in [0.25, 0.3) is 0 Å². The van der Waals surface area contributed by atoms with Crippen LogP contribution in [-0.2, 0) is 0 Å². The maximum absolute atomic E-state index is 2.34. The molecule has 1 aliphatic heterocycles. The maximum atomic E-state index is 2.34. The lowest BCUT2D eigenvalue weighted by Gasteiger charge is -2.14. The molecule has 1 unspecified atom stereocenters. The standard InChI is InChI=1S/C18H33N.FH/c1-3-5-7-8-9-10-11-12-16-19-17-13-15-18(19)14-6-4-2;/h13,15,17H,3-12,14,16H2,1-2H3;1H. The Kier molecular flexibility index (Phi) is 12.9. The van der Waals surface area contributed by atoms with Gasteiger partial charge in [0.15, 0.2) is 0 Å². The minimum absolute atomic E-state index is 0. The van der Waals surface area contributed by atoms with Gasteiger partial charge in [-0.15, -0.1) is 0 Å². The van der Waals surface area contributed by atoms with Crippen LogP contribution in [0.5, 0.6) is 0 Å². The van der Waals surface area contributed by atoms with Gasteiger partial charge in [0.2, 0.25) is 0 Å². The minimum Gasteiger partial charge on any atom is -1.00 e. The lowest BCUT2D eigenvalue weighted by Crippen LogP contribution is -3.04. The highest BCUT2D eigenvalue weighted by molar-refractivity contribution is 5.10. The number of hydrogen-bond acceptors (Lipinski definition) is 0. The zero-order valence-corrected chi connectivity index (χ0v) is 13.6. The Hall–Kier alpha value is -0.630. The van der Waals surface area contributed by atoms with Gasteiger partial charge in [0, 0.05) is 12.5 Å². The van der Waals surface area contributed by atoms with E-state index in [-0.39, 0.29) is 4.70 Å². The van der Waals surface area contributed by atoms with E-state index < -0.39 is 0 Å². The summed E-state index contributed by atoms with van der Waals surface area (Å²) in [4.78, 5) is 1.62. The number of allylic oxidation sites excluding steroid dienone is 3. The van der Waals surface area contributed by atoms with Crippen LogP contribution in [0.1, 0.15) is 84.5 Å². The highest BCUT2D eigenvalue weighted by Crippen LogP contribution is 2.08. The molecule has 118 valence electrons. The Labute approximate surface area is 125 Å². The molecular weight excluding hydrogens is 249 g/mol. The van der Waals surface area contributed by atoms with Gasteiger partial charge in [0.1, 0.15) is 5.70 Å². The van der Waals surface area contributed by atoms with Crippen molar-refractivity contribution in [3.63, 3.8) is 0 Å². The third-order valence-corrected chi connectivity index (χ3v) is 4.11. The number of quaternary nitrogens is 1. The van der Waals surface area contributed by atoms with Crippen molar-refractivity contribution in [1.29, 1.82) is 0 Å². The van der Waals surface area contributed by atoms with Crippen molar-refractivity contribution in [1.82, 2.24) is 0 Å². The third kappa shape index (κ3) is 8.52. The molecule has 0 aromatic rings. The number of unbranched alkanes of at least 4 members (excludes halogenated alkanes) is 8. The SMILES string of the molecule is CCCCCCCCCC[NH+]1C=CC=C1CCCC.[F-]. The summed E-state index contributed by atoms with van der Waals surface area (Å²) in [5.74, 6) is 0. The van der Waals surface area contributed by atoms with E-state index in [2.05, 4.69) is 32.2 Å². The van der Waals surface area contributed by atoms with Crippen LogP contribution in [0.3, 0.4) is 0 Å². The second kappa shape index (κ2) is 13.4. The molecule has 2 heteroatoms. The van der Waals surface area contributed by atoms with Gasteiger partial charge in [-0.1, -0.05) is 58.8 Å². The van der Waals surface area contributed by atoms with Crippen molar-refractivity contribution in [2.45, 2.75) is 84.5 Å². The monoisotopic (exact) mass is 283 g/mol. The Morgan fingerprint density at radius 2 is 1.40 bits per heavy atom. The first kappa shape index (κ1) is 19.4. The van der Waals surface area contributed by atoms with Gasteiger partial charge < -0.3 is 4.70 Å². The average Bonchev–Trinajstić information content (AvgIpc) is 2.87. The van der Waals surface area contributed by atoms with E-state index >= 15 is 0 Å². The van der Waals surface area contributed by atoms with Crippen LogP contribution in [0.15, 0.2) is 24.0 Å². The van der Waals surface area contributed by atoms with Gasteiger partial charge in [-0.3, -0.25) is 4.90 Å². The van der Waals surface area contributed by atoms with Crippen LogP contribution in [0.2, 0.25) is 0 Å². The van der Waals surface area contributed by atoms with E-state index in [4.69, 9.17) is 0 Å². The van der Waals surface area contributed by atoms with Gasteiger partial charge in [-0.25, -0.2) is 0 Å². The van der Waals surface area contributed by atoms with Crippen LogP contribution < -0.4 is 9.60 Å². The van der Waals surface area contributed by atoms with Crippen molar-refractivity contribution in [3.8, 4) is 0 Å². The largest absolute Gasteiger partial charge is 1.00 e. The van der Waals surface area contributed by atoms with Crippen LogP contribution in [0.4, 0.5) is 0 Å². The number of halogens is 1. The number of rotatable bonds is 12. The molecule has 0 aromatic carbocycles. The van der Waals surface area contributed by atoms with E-state index in [1.165, 1.54) is 77.2 Å². The highest BCUT2D eigenvalue weighted by Gasteiger charge is 2.15. The Bertz CT molecular complexity index is 271. The molecule has 0 saturated carbocycles. The van der Waals surface area contributed by atoms with Crippen molar-refractivity contribution < 1.29 is 9.60 Å². The third-order valence-electron chi connectivity index (χ3n) is 4.11. The molecule has 1 N–H and O–H groups in total. The molecule has 0 fully saturated rings. The predicted octanol–water partition coefficient (Wildman–Crippen LogP) is 1.62. The molecule has 1 nitrogen and oxygen atoms in total. The quantitative estimate of drug-likeness (QED) is 0.519. The maximum Gasteiger partial charge on any atom is 0.112 e. The molecule has 0 radical (unpaired) electrons. The molecule has 0 aliphatic carbocycles. The molecule has 0 bridgehead atoms. The number of nitrogens with one attached hydrogen (secondary N) is 1. The van der Waals surface area contributed by atoms with Crippen LogP contribution >= 0.6 is 0 Å². The average molecular weight is 283 g/mol. The van der Waals surface area contributed by atoms with Gasteiger partial charge in [-0.05, 0) is 25.3 Å². The second-order valence-corrected chi connectivity index (χ2v) is 5.90. The topological polar surface area (TPSA) is 4.44 Å². The summed E-state index contributed by atoms with van der Waals surface area (Å²) in [5.41, 5.74) is 1.62. The van der Waals surface area contributed by atoms with Crippen molar-refractivity contribution >= 4 is 0 Å². The van der Waals surface area contributed by atoms with E-state index in [0.29, 0.717) is 0 Å². The molecule has 1 heterocycles.